The van der Waals surface area contributed by atoms with Crippen LogP contribution in [0, 0.1) is 0 Å². The van der Waals surface area contributed by atoms with Crippen molar-refractivity contribution in [2.45, 2.75) is 50.3 Å². The Kier molecular flexibility index (Phi) is 4.29. The molecule has 2 heterocycles. The van der Waals surface area contributed by atoms with E-state index in [1.165, 1.54) is 5.56 Å². The Morgan fingerprint density at radius 2 is 2.21 bits per heavy atom. The summed E-state index contributed by atoms with van der Waals surface area (Å²) in [6, 6.07) is 8.71. The molecule has 4 rings (SSSR count). The maximum absolute atomic E-state index is 10.1. The fourth-order valence-electron chi connectivity index (χ4n) is 4.14. The average Bonchev–Trinajstić information content (AvgIpc) is 3.02. The number of benzene rings is 1. The molecule has 0 radical (unpaired) electrons. The van der Waals surface area contributed by atoms with Crippen LogP contribution in [0.1, 0.15) is 54.6 Å². The van der Waals surface area contributed by atoms with Gasteiger partial charge in [-0.2, -0.15) is 5.10 Å². The van der Waals surface area contributed by atoms with Crippen molar-refractivity contribution in [1.29, 1.82) is 0 Å². The van der Waals surface area contributed by atoms with Crippen LogP contribution >= 0.6 is 0 Å². The fourth-order valence-corrected chi connectivity index (χ4v) is 4.14. The highest BCUT2D eigenvalue weighted by molar-refractivity contribution is 5.42. The highest BCUT2D eigenvalue weighted by atomic mass is 16.5. The lowest BCUT2D eigenvalue weighted by Crippen LogP contribution is -2.39. The lowest BCUT2D eigenvalue weighted by atomic mass is 9.86. The minimum Gasteiger partial charge on any atom is -0.508 e. The third-order valence-electron chi connectivity index (χ3n) is 5.39. The summed E-state index contributed by atoms with van der Waals surface area (Å²) in [4.78, 5) is 0. The second kappa shape index (κ2) is 6.57. The predicted molar refractivity (Wildman–Crippen MR) is 91.8 cm³/mol. The third-order valence-corrected chi connectivity index (χ3v) is 5.39. The molecule has 1 aromatic heterocycles. The first-order valence-corrected chi connectivity index (χ1v) is 8.88. The van der Waals surface area contributed by atoms with E-state index in [1.54, 1.807) is 6.07 Å². The number of fused-ring (bicyclic) bond motifs is 1. The van der Waals surface area contributed by atoms with Crippen LogP contribution in [0.5, 0.6) is 5.75 Å². The number of ether oxygens (including phenoxy) is 1. The van der Waals surface area contributed by atoms with Crippen molar-refractivity contribution >= 4 is 0 Å². The summed E-state index contributed by atoms with van der Waals surface area (Å²) >= 11 is 0. The molecular weight excluding hydrogens is 302 g/mol. The Hall–Kier alpha value is -1.85. The number of nitrogens with one attached hydrogen (secondary N) is 1. The van der Waals surface area contributed by atoms with Gasteiger partial charge in [0.25, 0.3) is 0 Å². The Bertz CT molecular complexity index is 712. The highest BCUT2D eigenvalue weighted by Crippen LogP contribution is 2.36. The zero-order valence-electron chi connectivity index (χ0n) is 14.1. The van der Waals surface area contributed by atoms with Crippen molar-refractivity contribution in [2.75, 3.05) is 6.61 Å². The zero-order chi connectivity index (χ0) is 16.5. The van der Waals surface area contributed by atoms with Gasteiger partial charge in [0.05, 0.1) is 5.69 Å². The average molecular weight is 327 g/mol. The maximum atomic E-state index is 10.1. The van der Waals surface area contributed by atoms with Gasteiger partial charge in [0.15, 0.2) is 0 Å². The van der Waals surface area contributed by atoms with Crippen LogP contribution in [0.4, 0.5) is 0 Å². The van der Waals surface area contributed by atoms with E-state index in [2.05, 4.69) is 16.5 Å². The number of rotatable bonds is 3. The van der Waals surface area contributed by atoms with E-state index >= 15 is 0 Å². The molecular formula is C19H25N3O2. The molecule has 1 aliphatic heterocycles. The summed E-state index contributed by atoms with van der Waals surface area (Å²) < 4.78 is 7.87. The quantitative estimate of drug-likeness (QED) is 0.910. The molecule has 1 aromatic carbocycles. The van der Waals surface area contributed by atoms with Gasteiger partial charge < -0.3 is 15.2 Å². The molecule has 0 saturated carbocycles. The predicted octanol–water partition coefficient (Wildman–Crippen LogP) is 3.01. The Labute approximate surface area is 142 Å². The summed E-state index contributed by atoms with van der Waals surface area (Å²) in [6.45, 7) is 0.771. The van der Waals surface area contributed by atoms with E-state index in [-0.39, 0.29) is 6.10 Å². The van der Waals surface area contributed by atoms with Crippen LogP contribution in [0.25, 0.3) is 0 Å². The first kappa shape index (κ1) is 15.7. The SMILES string of the molecule is Cn1nccc1C1CC(NC2CCCc3c(O)cccc32)CCO1. The maximum Gasteiger partial charge on any atom is 0.119 e. The van der Waals surface area contributed by atoms with Gasteiger partial charge in [-0.3, -0.25) is 4.68 Å². The number of hydrogen-bond donors (Lipinski definition) is 2. The number of phenolic OH excluding ortho intramolecular Hbond substituents is 1. The van der Waals surface area contributed by atoms with Crippen LogP contribution in [0.2, 0.25) is 0 Å². The van der Waals surface area contributed by atoms with Crippen molar-refractivity contribution in [3.63, 3.8) is 0 Å². The Balaban J connectivity index is 1.48. The molecule has 2 aromatic rings. The molecule has 0 amide bonds. The number of aromatic hydroxyl groups is 1. The topological polar surface area (TPSA) is 59.3 Å². The van der Waals surface area contributed by atoms with Gasteiger partial charge >= 0.3 is 0 Å². The largest absolute Gasteiger partial charge is 0.508 e. The monoisotopic (exact) mass is 327 g/mol. The second-order valence-electron chi connectivity index (χ2n) is 6.92. The second-order valence-corrected chi connectivity index (χ2v) is 6.92. The molecule has 0 spiro atoms. The molecule has 5 heteroatoms. The lowest BCUT2D eigenvalue weighted by Gasteiger charge is -2.35. The van der Waals surface area contributed by atoms with Gasteiger partial charge in [-0.25, -0.2) is 0 Å². The third kappa shape index (κ3) is 2.94. The van der Waals surface area contributed by atoms with Gasteiger partial charge in [0.2, 0.25) is 0 Å². The van der Waals surface area contributed by atoms with Crippen LogP contribution in [-0.2, 0) is 18.2 Å². The van der Waals surface area contributed by atoms with Gasteiger partial charge in [-0.15, -0.1) is 0 Å². The van der Waals surface area contributed by atoms with Crippen LogP contribution < -0.4 is 5.32 Å². The van der Waals surface area contributed by atoms with Gasteiger partial charge in [-0.05, 0) is 55.4 Å². The molecule has 3 unspecified atom stereocenters. The number of aromatic nitrogens is 2. The molecule has 2 aliphatic rings. The molecule has 1 fully saturated rings. The first-order valence-electron chi connectivity index (χ1n) is 8.88. The number of hydrogen-bond acceptors (Lipinski definition) is 4. The van der Waals surface area contributed by atoms with E-state index in [9.17, 15) is 5.11 Å². The summed E-state index contributed by atoms with van der Waals surface area (Å²) in [5.74, 6) is 0.443. The molecule has 5 nitrogen and oxygen atoms in total. The number of nitrogens with zero attached hydrogens (tertiary/aromatic N) is 2. The Morgan fingerprint density at radius 1 is 1.29 bits per heavy atom. The molecule has 2 N–H and O–H groups in total. The van der Waals surface area contributed by atoms with Crippen LogP contribution in [0.15, 0.2) is 30.5 Å². The summed E-state index contributed by atoms with van der Waals surface area (Å²) in [6.07, 6.45) is 7.15. The minimum absolute atomic E-state index is 0.107. The van der Waals surface area contributed by atoms with E-state index < -0.39 is 0 Å². The number of aryl methyl sites for hydroxylation is 1. The summed E-state index contributed by atoms with van der Waals surface area (Å²) in [5.41, 5.74) is 3.53. The molecule has 1 aliphatic carbocycles. The molecule has 1 saturated heterocycles. The van der Waals surface area contributed by atoms with Crippen molar-refractivity contribution in [1.82, 2.24) is 15.1 Å². The van der Waals surface area contributed by atoms with Crippen LogP contribution in [-0.4, -0.2) is 27.5 Å². The van der Waals surface area contributed by atoms with Crippen molar-refractivity contribution in [2.24, 2.45) is 7.05 Å². The first-order chi connectivity index (χ1) is 11.7. The fraction of sp³-hybridized carbons (Fsp3) is 0.526. The molecule has 0 bridgehead atoms. The van der Waals surface area contributed by atoms with E-state index in [4.69, 9.17) is 4.74 Å². The number of phenols is 1. The van der Waals surface area contributed by atoms with Crippen molar-refractivity contribution in [3.8, 4) is 5.75 Å². The standard InChI is InChI=1S/C19H25N3O2/c1-22-17(8-10-20-22)19-12-13(9-11-24-19)21-16-6-2-5-15-14(16)4-3-7-18(15)23/h3-4,7-8,10,13,16,19,21,23H,2,5-6,9,11-12H2,1H3. The smallest absolute Gasteiger partial charge is 0.119 e. The lowest BCUT2D eigenvalue weighted by molar-refractivity contribution is -0.00659. The van der Waals surface area contributed by atoms with Crippen LogP contribution in [0.3, 0.4) is 0 Å². The van der Waals surface area contributed by atoms with Gasteiger partial charge in [0.1, 0.15) is 11.9 Å². The van der Waals surface area contributed by atoms with Crippen molar-refractivity contribution in [3.05, 3.63) is 47.3 Å². The van der Waals surface area contributed by atoms with Gasteiger partial charge in [0, 0.05) is 31.9 Å². The van der Waals surface area contributed by atoms with Gasteiger partial charge in [-0.1, -0.05) is 12.1 Å². The molecule has 3 atom stereocenters. The highest BCUT2D eigenvalue weighted by Gasteiger charge is 2.29. The zero-order valence-corrected chi connectivity index (χ0v) is 14.1. The molecule has 24 heavy (non-hydrogen) atoms. The molecule has 128 valence electrons. The van der Waals surface area contributed by atoms with E-state index in [0.717, 1.165) is 50.0 Å². The summed E-state index contributed by atoms with van der Waals surface area (Å²) in [7, 11) is 1.97. The normalized spacial score (nSPS) is 27.0. The summed E-state index contributed by atoms with van der Waals surface area (Å²) in [5, 5.41) is 18.2. The minimum atomic E-state index is 0.107. The van der Waals surface area contributed by atoms with Crippen molar-refractivity contribution < 1.29 is 9.84 Å². The van der Waals surface area contributed by atoms with E-state index in [0.29, 0.717) is 17.8 Å². The van der Waals surface area contributed by atoms with E-state index in [1.807, 2.05) is 30.1 Å². The Morgan fingerprint density at radius 3 is 3.04 bits per heavy atom.